The number of nitrogens with one attached hydrogen (secondary N) is 1. The smallest absolute Gasteiger partial charge is 0.258 e. The number of primary amides is 1. The summed E-state index contributed by atoms with van der Waals surface area (Å²) in [6, 6.07) is 14.8. The highest BCUT2D eigenvalue weighted by atomic mass is 16.5. The van der Waals surface area contributed by atoms with E-state index in [0.29, 0.717) is 17.2 Å². The van der Waals surface area contributed by atoms with Crippen LogP contribution in [0.15, 0.2) is 48.5 Å². The predicted octanol–water partition coefficient (Wildman–Crippen LogP) is 2.74. The number of benzene rings is 2. The fraction of sp³-hybridized carbons (Fsp3) is 0.300. The van der Waals surface area contributed by atoms with Gasteiger partial charge >= 0.3 is 0 Å². The highest BCUT2D eigenvalue weighted by molar-refractivity contribution is 5.93. The number of aryl methyl sites for hydroxylation is 1. The largest absolute Gasteiger partial charge is 0.484 e. The lowest BCUT2D eigenvalue weighted by atomic mass is 10.0. The molecular weight excluding hydrogens is 316 g/mol. The van der Waals surface area contributed by atoms with Crippen molar-refractivity contribution < 1.29 is 14.3 Å². The van der Waals surface area contributed by atoms with Crippen molar-refractivity contribution >= 4 is 11.8 Å². The van der Waals surface area contributed by atoms with Crippen LogP contribution in [0.3, 0.4) is 0 Å². The lowest BCUT2D eigenvalue weighted by Crippen LogP contribution is -2.33. The Balaban J connectivity index is 1.60. The topological polar surface area (TPSA) is 81.4 Å². The second-order valence-corrected chi connectivity index (χ2v) is 6.47. The Kier molecular flexibility index (Phi) is 5.03. The van der Waals surface area contributed by atoms with E-state index in [2.05, 4.69) is 29.6 Å². The summed E-state index contributed by atoms with van der Waals surface area (Å²) in [5.41, 5.74) is 7.92. The molecule has 5 heteroatoms. The van der Waals surface area contributed by atoms with Gasteiger partial charge in [0, 0.05) is 5.56 Å². The van der Waals surface area contributed by atoms with Crippen LogP contribution in [0.5, 0.6) is 5.75 Å². The molecule has 130 valence electrons. The van der Waals surface area contributed by atoms with Crippen LogP contribution in [0.2, 0.25) is 0 Å². The summed E-state index contributed by atoms with van der Waals surface area (Å²) in [5.74, 6) is 0.236. The lowest BCUT2D eigenvalue weighted by molar-refractivity contribution is -0.124. The number of hydrogen-bond donors (Lipinski definition) is 2. The van der Waals surface area contributed by atoms with Crippen LogP contribution in [0.4, 0.5) is 0 Å². The van der Waals surface area contributed by atoms with Gasteiger partial charge in [-0.05, 0) is 49.4 Å². The number of carbonyl (C=O) groups is 2. The van der Waals surface area contributed by atoms with Gasteiger partial charge in [-0.3, -0.25) is 9.59 Å². The van der Waals surface area contributed by atoms with Crippen molar-refractivity contribution in [2.24, 2.45) is 11.7 Å². The van der Waals surface area contributed by atoms with E-state index in [9.17, 15) is 9.59 Å². The molecule has 1 fully saturated rings. The van der Waals surface area contributed by atoms with Gasteiger partial charge in [0.05, 0.1) is 6.04 Å². The van der Waals surface area contributed by atoms with E-state index >= 15 is 0 Å². The molecule has 1 aliphatic rings. The van der Waals surface area contributed by atoms with E-state index in [4.69, 9.17) is 10.5 Å². The molecule has 0 spiro atoms. The predicted molar refractivity (Wildman–Crippen MR) is 95.2 cm³/mol. The monoisotopic (exact) mass is 338 g/mol. The van der Waals surface area contributed by atoms with Crippen molar-refractivity contribution in [1.29, 1.82) is 0 Å². The Morgan fingerprint density at radius 3 is 2.56 bits per heavy atom. The van der Waals surface area contributed by atoms with Gasteiger partial charge in [-0.15, -0.1) is 0 Å². The second kappa shape index (κ2) is 7.38. The molecule has 5 nitrogen and oxygen atoms in total. The number of rotatable bonds is 7. The van der Waals surface area contributed by atoms with E-state index in [1.165, 1.54) is 11.6 Å². The Morgan fingerprint density at radius 2 is 1.92 bits per heavy atom. The third-order valence-corrected chi connectivity index (χ3v) is 4.33. The molecular formula is C20H22N2O3. The minimum atomic E-state index is -0.525. The average Bonchev–Trinajstić information content (AvgIpc) is 3.44. The van der Waals surface area contributed by atoms with Gasteiger partial charge in [-0.1, -0.05) is 35.9 Å². The fourth-order valence-electron chi connectivity index (χ4n) is 2.78. The van der Waals surface area contributed by atoms with Gasteiger partial charge < -0.3 is 15.8 Å². The summed E-state index contributed by atoms with van der Waals surface area (Å²) in [5, 5.41) is 3.07. The van der Waals surface area contributed by atoms with E-state index in [0.717, 1.165) is 18.4 Å². The lowest BCUT2D eigenvalue weighted by Gasteiger charge is -2.19. The third-order valence-electron chi connectivity index (χ3n) is 4.33. The summed E-state index contributed by atoms with van der Waals surface area (Å²) >= 11 is 0. The molecule has 0 unspecified atom stereocenters. The molecule has 0 aliphatic heterocycles. The summed E-state index contributed by atoms with van der Waals surface area (Å²) < 4.78 is 5.49. The molecule has 0 aromatic heterocycles. The first-order chi connectivity index (χ1) is 12.0. The standard InChI is InChI=1S/C20H22N2O3/c1-13-5-7-14(8-6-13)19(15-9-10-15)22-18(23)12-25-17-4-2-3-16(11-17)20(21)24/h2-8,11,15,19H,9-10,12H2,1H3,(H2,21,24)(H,22,23)/t19-/m0/s1. The molecule has 3 N–H and O–H groups in total. The van der Waals surface area contributed by atoms with Gasteiger partial charge in [0.1, 0.15) is 5.75 Å². The number of hydrogen-bond acceptors (Lipinski definition) is 3. The molecule has 2 aromatic rings. The molecule has 1 saturated carbocycles. The zero-order valence-corrected chi connectivity index (χ0v) is 14.2. The number of nitrogens with two attached hydrogens (primary N) is 1. The molecule has 3 rings (SSSR count). The van der Waals surface area contributed by atoms with Crippen LogP contribution in [-0.2, 0) is 4.79 Å². The van der Waals surface area contributed by atoms with Crippen LogP contribution >= 0.6 is 0 Å². The molecule has 2 amide bonds. The number of amides is 2. The van der Waals surface area contributed by atoms with Crippen molar-refractivity contribution in [2.45, 2.75) is 25.8 Å². The first kappa shape index (κ1) is 17.0. The maximum Gasteiger partial charge on any atom is 0.258 e. The van der Waals surface area contributed by atoms with Crippen LogP contribution in [0.25, 0.3) is 0 Å². The Labute approximate surface area is 147 Å². The average molecular weight is 338 g/mol. The first-order valence-electron chi connectivity index (χ1n) is 8.41. The minimum absolute atomic E-state index is 0.0219. The highest BCUT2D eigenvalue weighted by Gasteiger charge is 2.33. The quantitative estimate of drug-likeness (QED) is 0.814. The van der Waals surface area contributed by atoms with E-state index in [-0.39, 0.29) is 18.6 Å². The van der Waals surface area contributed by atoms with E-state index in [1.54, 1.807) is 18.2 Å². The summed E-state index contributed by atoms with van der Waals surface area (Å²) in [6.07, 6.45) is 2.25. The minimum Gasteiger partial charge on any atom is -0.484 e. The Morgan fingerprint density at radius 1 is 1.20 bits per heavy atom. The molecule has 2 aromatic carbocycles. The normalized spacial score (nSPS) is 14.6. The molecule has 0 heterocycles. The van der Waals surface area contributed by atoms with Gasteiger partial charge in [-0.25, -0.2) is 0 Å². The molecule has 1 aliphatic carbocycles. The van der Waals surface area contributed by atoms with Crippen molar-refractivity contribution in [3.63, 3.8) is 0 Å². The maximum atomic E-state index is 12.3. The zero-order chi connectivity index (χ0) is 17.8. The number of ether oxygens (including phenoxy) is 1. The van der Waals surface area contributed by atoms with Gasteiger partial charge in [-0.2, -0.15) is 0 Å². The highest BCUT2D eigenvalue weighted by Crippen LogP contribution is 2.41. The third kappa shape index (κ3) is 4.59. The van der Waals surface area contributed by atoms with Crippen molar-refractivity contribution in [2.75, 3.05) is 6.61 Å². The summed E-state index contributed by atoms with van der Waals surface area (Å²) in [4.78, 5) is 23.5. The Bertz CT molecular complexity index is 767. The molecule has 1 atom stereocenters. The second-order valence-electron chi connectivity index (χ2n) is 6.47. The number of carbonyl (C=O) groups excluding carboxylic acids is 2. The van der Waals surface area contributed by atoms with Crippen LogP contribution in [0.1, 0.15) is 40.4 Å². The molecule has 0 saturated heterocycles. The SMILES string of the molecule is Cc1ccc([C@H](NC(=O)COc2cccc(C(N)=O)c2)C2CC2)cc1. The van der Waals surface area contributed by atoms with Crippen LogP contribution < -0.4 is 15.8 Å². The Hall–Kier alpha value is -2.82. The van der Waals surface area contributed by atoms with Gasteiger partial charge in [0.2, 0.25) is 5.91 Å². The van der Waals surface area contributed by atoms with Crippen LogP contribution in [-0.4, -0.2) is 18.4 Å². The maximum absolute atomic E-state index is 12.3. The summed E-state index contributed by atoms with van der Waals surface area (Å²) in [7, 11) is 0. The molecule has 0 bridgehead atoms. The van der Waals surface area contributed by atoms with E-state index < -0.39 is 5.91 Å². The van der Waals surface area contributed by atoms with Gasteiger partial charge in [0.15, 0.2) is 6.61 Å². The van der Waals surface area contributed by atoms with Crippen molar-refractivity contribution in [3.8, 4) is 5.75 Å². The molecule has 0 radical (unpaired) electrons. The zero-order valence-electron chi connectivity index (χ0n) is 14.2. The molecule has 25 heavy (non-hydrogen) atoms. The van der Waals surface area contributed by atoms with E-state index in [1.807, 2.05) is 6.92 Å². The fourth-order valence-corrected chi connectivity index (χ4v) is 2.78. The van der Waals surface area contributed by atoms with Crippen molar-refractivity contribution in [1.82, 2.24) is 5.32 Å². The van der Waals surface area contributed by atoms with Crippen molar-refractivity contribution in [3.05, 3.63) is 65.2 Å². The summed E-state index contributed by atoms with van der Waals surface area (Å²) in [6.45, 7) is 1.94. The van der Waals surface area contributed by atoms with Gasteiger partial charge in [0.25, 0.3) is 5.91 Å². The van der Waals surface area contributed by atoms with Crippen LogP contribution in [0, 0.1) is 12.8 Å². The first-order valence-corrected chi connectivity index (χ1v) is 8.41.